The molecule has 0 saturated heterocycles. The molecule has 2 atom stereocenters. The van der Waals surface area contributed by atoms with E-state index in [1.165, 1.54) is 19.3 Å². The van der Waals surface area contributed by atoms with E-state index in [0.29, 0.717) is 0 Å². The minimum Gasteiger partial charge on any atom is -0.0625 e. The van der Waals surface area contributed by atoms with Gasteiger partial charge < -0.3 is 0 Å². The highest BCUT2D eigenvalue weighted by Crippen LogP contribution is 2.67. The van der Waals surface area contributed by atoms with Gasteiger partial charge in [0.25, 0.3) is 0 Å². The van der Waals surface area contributed by atoms with E-state index in [0.717, 1.165) is 23.2 Å². The van der Waals surface area contributed by atoms with Crippen molar-refractivity contribution in [3.05, 3.63) is 0 Å². The molecule has 0 aromatic carbocycles. The van der Waals surface area contributed by atoms with Crippen molar-refractivity contribution in [3.8, 4) is 0 Å². The first-order chi connectivity index (χ1) is 4.64. The fraction of sp³-hybridized carbons (Fsp3) is 1.00. The van der Waals surface area contributed by atoms with Gasteiger partial charge in [-0.1, -0.05) is 20.8 Å². The van der Waals surface area contributed by atoms with Crippen molar-refractivity contribution in [2.75, 3.05) is 0 Å². The van der Waals surface area contributed by atoms with Crippen LogP contribution in [-0.2, 0) is 0 Å². The van der Waals surface area contributed by atoms with E-state index < -0.39 is 0 Å². The second-order valence-electron chi connectivity index (χ2n) is 4.83. The summed E-state index contributed by atoms with van der Waals surface area (Å²) in [6, 6.07) is 0. The molecule has 2 aliphatic rings. The third-order valence-electron chi connectivity index (χ3n) is 3.66. The number of rotatable bonds is 2. The summed E-state index contributed by atoms with van der Waals surface area (Å²) in [4.78, 5) is 0. The smallest absolute Gasteiger partial charge is 0.0264 e. The van der Waals surface area contributed by atoms with E-state index in [2.05, 4.69) is 20.8 Å². The summed E-state index contributed by atoms with van der Waals surface area (Å²) in [6.07, 6.45) is 4.58. The lowest BCUT2D eigenvalue weighted by atomic mass is 9.94. The first-order valence-electron chi connectivity index (χ1n) is 4.64. The quantitative estimate of drug-likeness (QED) is 0.550. The molecule has 0 heterocycles. The molecule has 0 spiro atoms. The van der Waals surface area contributed by atoms with Gasteiger partial charge in [0, 0.05) is 0 Å². The van der Waals surface area contributed by atoms with Crippen LogP contribution in [0, 0.1) is 23.2 Å². The van der Waals surface area contributed by atoms with Crippen molar-refractivity contribution >= 4 is 0 Å². The minimum absolute atomic E-state index is 0.800. The highest BCUT2D eigenvalue weighted by Gasteiger charge is 2.58. The largest absolute Gasteiger partial charge is 0.0625 e. The van der Waals surface area contributed by atoms with Gasteiger partial charge in [-0.3, -0.25) is 0 Å². The van der Waals surface area contributed by atoms with Gasteiger partial charge in [-0.05, 0) is 42.4 Å². The summed E-state index contributed by atoms with van der Waals surface area (Å²) in [6.45, 7) is 7.24. The van der Waals surface area contributed by atoms with Crippen molar-refractivity contribution in [3.63, 3.8) is 0 Å². The molecule has 2 saturated carbocycles. The van der Waals surface area contributed by atoms with E-state index in [1.54, 1.807) is 0 Å². The van der Waals surface area contributed by atoms with Gasteiger partial charge in [-0.2, -0.15) is 0 Å². The zero-order valence-electron chi connectivity index (χ0n) is 7.35. The van der Waals surface area contributed by atoms with Gasteiger partial charge in [0.2, 0.25) is 0 Å². The van der Waals surface area contributed by atoms with Crippen LogP contribution < -0.4 is 0 Å². The minimum atomic E-state index is 0.800. The summed E-state index contributed by atoms with van der Waals surface area (Å²) in [5, 5.41) is 0. The average molecular weight is 138 g/mol. The molecular formula is C10H18. The SMILES string of the molecule is CC(C)C1CC1(C)C1CC1. The van der Waals surface area contributed by atoms with Crippen molar-refractivity contribution < 1.29 is 0 Å². The Labute approximate surface area is 64.0 Å². The van der Waals surface area contributed by atoms with Crippen LogP contribution in [0.2, 0.25) is 0 Å². The third kappa shape index (κ3) is 0.810. The number of hydrogen-bond donors (Lipinski definition) is 0. The monoisotopic (exact) mass is 138 g/mol. The van der Waals surface area contributed by atoms with Crippen molar-refractivity contribution in [1.82, 2.24) is 0 Å². The normalized spacial score (nSPS) is 46.2. The average Bonchev–Trinajstić information content (AvgIpc) is 2.49. The van der Waals surface area contributed by atoms with Crippen molar-refractivity contribution in [1.29, 1.82) is 0 Å². The summed E-state index contributed by atoms with van der Waals surface area (Å²) >= 11 is 0. The summed E-state index contributed by atoms with van der Waals surface area (Å²) in [7, 11) is 0. The maximum atomic E-state index is 2.50. The highest BCUT2D eigenvalue weighted by atomic mass is 14.6. The van der Waals surface area contributed by atoms with Gasteiger partial charge in [-0.25, -0.2) is 0 Å². The molecule has 2 fully saturated rings. The summed E-state index contributed by atoms with van der Waals surface area (Å²) < 4.78 is 0. The molecule has 0 heteroatoms. The molecule has 2 unspecified atom stereocenters. The van der Waals surface area contributed by atoms with E-state index in [9.17, 15) is 0 Å². The third-order valence-corrected chi connectivity index (χ3v) is 3.66. The highest BCUT2D eigenvalue weighted by molar-refractivity contribution is 5.08. The van der Waals surface area contributed by atoms with Crippen LogP contribution in [0.15, 0.2) is 0 Å². The Kier molecular flexibility index (Phi) is 1.19. The topological polar surface area (TPSA) is 0 Å². The van der Waals surface area contributed by atoms with Crippen LogP contribution in [0.5, 0.6) is 0 Å². The van der Waals surface area contributed by atoms with E-state index >= 15 is 0 Å². The molecule has 0 aromatic rings. The second-order valence-corrected chi connectivity index (χ2v) is 4.83. The predicted molar refractivity (Wildman–Crippen MR) is 43.8 cm³/mol. The molecule has 0 amide bonds. The first kappa shape index (κ1) is 6.69. The standard InChI is InChI=1S/C10H18/c1-7(2)9-6-10(9,3)8-4-5-8/h7-9H,4-6H2,1-3H3. The van der Waals surface area contributed by atoms with Crippen LogP contribution >= 0.6 is 0 Å². The van der Waals surface area contributed by atoms with Crippen molar-refractivity contribution in [2.45, 2.75) is 40.0 Å². The zero-order chi connectivity index (χ0) is 7.35. The lowest BCUT2D eigenvalue weighted by molar-refractivity contribution is 0.379. The van der Waals surface area contributed by atoms with Gasteiger partial charge in [0.1, 0.15) is 0 Å². The Balaban J connectivity index is 1.96. The van der Waals surface area contributed by atoms with Crippen LogP contribution in [-0.4, -0.2) is 0 Å². The Morgan fingerprint density at radius 2 is 1.90 bits per heavy atom. The van der Waals surface area contributed by atoms with E-state index in [4.69, 9.17) is 0 Å². The lowest BCUT2D eigenvalue weighted by Gasteiger charge is -2.10. The lowest BCUT2D eigenvalue weighted by Crippen LogP contribution is -2.04. The number of hydrogen-bond acceptors (Lipinski definition) is 0. The van der Waals surface area contributed by atoms with Gasteiger partial charge >= 0.3 is 0 Å². The molecule has 2 aliphatic carbocycles. The van der Waals surface area contributed by atoms with Crippen molar-refractivity contribution in [2.24, 2.45) is 23.2 Å². The first-order valence-corrected chi connectivity index (χ1v) is 4.64. The Bertz CT molecular complexity index is 144. The van der Waals surface area contributed by atoms with E-state index in [-0.39, 0.29) is 0 Å². The summed E-state index contributed by atoms with van der Waals surface area (Å²) in [5.41, 5.74) is 0.800. The summed E-state index contributed by atoms with van der Waals surface area (Å²) in [5.74, 6) is 3.13. The molecular weight excluding hydrogens is 120 g/mol. The molecule has 10 heavy (non-hydrogen) atoms. The molecule has 58 valence electrons. The predicted octanol–water partition coefficient (Wildman–Crippen LogP) is 3.08. The van der Waals surface area contributed by atoms with Gasteiger partial charge in [0.05, 0.1) is 0 Å². The molecule has 2 rings (SSSR count). The van der Waals surface area contributed by atoms with Crippen LogP contribution in [0.1, 0.15) is 40.0 Å². The fourth-order valence-electron chi connectivity index (χ4n) is 2.62. The maximum Gasteiger partial charge on any atom is -0.0264 e. The Hall–Kier alpha value is 0. The zero-order valence-corrected chi connectivity index (χ0v) is 7.35. The molecule has 0 aliphatic heterocycles. The van der Waals surface area contributed by atoms with Crippen LogP contribution in [0.3, 0.4) is 0 Å². The van der Waals surface area contributed by atoms with Gasteiger partial charge in [-0.15, -0.1) is 0 Å². The van der Waals surface area contributed by atoms with Gasteiger partial charge in [0.15, 0.2) is 0 Å². The van der Waals surface area contributed by atoms with E-state index in [1.807, 2.05) is 0 Å². The van der Waals surface area contributed by atoms with Crippen LogP contribution in [0.4, 0.5) is 0 Å². The van der Waals surface area contributed by atoms with Crippen LogP contribution in [0.25, 0.3) is 0 Å². The Morgan fingerprint density at radius 1 is 1.30 bits per heavy atom. The molecule has 0 nitrogen and oxygen atoms in total. The molecule has 0 N–H and O–H groups in total. The molecule has 0 radical (unpaired) electrons. The Morgan fingerprint density at radius 3 is 2.20 bits per heavy atom. The maximum absolute atomic E-state index is 2.50. The second kappa shape index (κ2) is 1.78. The fourth-order valence-corrected chi connectivity index (χ4v) is 2.62. The molecule has 0 bridgehead atoms. The molecule has 0 aromatic heterocycles.